The molecule has 29 heavy (non-hydrogen) atoms. The molecule has 2 aromatic rings. The van der Waals surface area contributed by atoms with Crippen LogP contribution >= 0.6 is 0 Å². The summed E-state index contributed by atoms with van der Waals surface area (Å²) in [7, 11) is -3.36. The van der Waals surface area contributed by atoms with Gasteiger partial charge in [0.05, 0.1) is 17.4 Å². The molecule has 0 aliphatic carbocycles. The van der Waals surface area contributed by atoms with Crippen LogP contribution in [0.1, 0.15) is 30.4 Å². The molecule has 2 aliphatic rings. The summed E-state index contributed by atoms with van der Waals surface area (Å²) in [5.74, 6) is -0.0753. The quantitative estimate of drug-likeness (QED) is 0.834. The number of carbonyl (C=O) groups is 1. The minimum Gasteiger partial charge on any atom is -0.381 e. The molecular weight excluding hydrogens is 388 g/mol. The zero-order chi connectivity index (χ0) is 20.5. The largest absolute Gasteiger partial charge is 0.381 e. The molecule has 2 aromatic carbocycles. The first kappa shape index (κ1) is 19.9. The third kappa shape index (κ3) is 3.89. The van der Waals surface area contributed by atoms with Crippen LogP contribution in [0.3, 0.4) is 0 Å². The van der Waals surface area contributed by atoms with Crippen LogP contribution < -0.4 is 9.62 Å². The van der Waals surface area contributed by atoms with Crippen molar-refractivity contribution in [2.75, 3.05) is 35.6 Å². The molecule has 0 saturated carbocycles. The summed E-state index contributed by atoms with van der Waals surface area (Å²) in [5, 5.41) is 3.06. The molecule has 0 spiro atoms. The highest BCUT2D eigenvalue weighted by Crippen LogP contribution is 2.37. The molecule has 4 rings (SSSR count). The van der Waals surface area contributed by atoms with Crippen molar-refractivity contribution in [3.8, 4) is 0 Å². The Bertz CT molecular complexity index is 999. The lowest BCUT2D eigenvalue weighted by molar-refractivity contribution is -0.125. The summed E-state index contributed by atoms with van der Waals surface area (Å²) in [4.78, 5) is 13.4. The standard InChI is InChI=1S/C22H26N2O4S/c1-29(26,27)24-13-5-6-17-9-10-19(16-20(17)24)23-21(25)22(11-14-28-15-12-22)18-7-3-2-4-8-18/h2-4,7-10,16H,5-6,11-15H2,1H3,(H,23,25). The minimum absolute atomic E-state index is 0.0753. The van der Waals surface area contributed by atoms with Crippen molar-refractivity contribution in [2.45, 2.75) is 31.1 Å². The Morgan fingerprint density at radius 1 is 1.10 bits per heavy atom. The highest BCUT2D eigenvalue weighted by atomic mass is 32.2. The maximum absolute atomic E-state index is 13.4. The van der Waals surface area contributed by atoms with Crippen molar-refractivity contribution in [1.82, 2.24) is 0 Å². The Morgan fingerprint density at radius 3 is 2.52 bits per heavy atom. The molecule has 0 aromatic heterocycles. The summed E-state index contributed by atoms with van der Waals surface area (Å²) in [6, 6.07) is 15.4. The molecule has 1 fully saturated rings. The van der Waals surface area contributed by atoms with E-state index in [9.17, 15) is 13.2 Å². The van der Waals surface area contributed by atoms with Gasteiger partial charge in [-0.15, -0.1) is 0 Å². The van der Waals surface area contributed by atoms with E-state index in [2.05, 4.69) is 5.32 Å². The first-order valence-electron chi connectivity index (χ1n) is 9.95. The third-order valence-corrected chi connectivity index (χ3v) is 7.11. The van der Waals surface area contributed by atoms with Crippen LogP contribution in [0.25, 0.3) is 0 Å². The highest BCUT2D eigenvalue weighted by molar-refractivity contribution is 7.92. The molecule has 2 heterocycles. The number of ether oxygens (including phenoxy) is 1. The highest BCUT2D eigenvalue weighted by Gasteiger charge is 2.41. The molecule has 2 aliphatic heterocycles. The second-order valence-corrected chi connectivity index (χ2v) is 9.70. The first-order chi connectivity index (χ1) is 13.9. The van der Waals surface area contributed by atoms with Crippen molar-refractivity contribution in [3.63, 3.8) is 0 Å². The van der Waals surface area contributed by atoms with E-state index in [1.807, 2.05) is 42.5 Å². The molecule has 7 heteroatoms. The summed E-state index contributed by atoms with van der Waals surface area (Å²) in [6.07, 6.45) is 4.08. The van der Waals surface area contributed by atoms with Gasteiger partial charge in [0, 0.05) is 25.4 Å². The maximum Gasteiger partial charge on any atom is 0.235 e. The second-order valence-electron chi connectivity index (χ2n) is 7.80. The summed E-state index contributed by atoms with van der Waals surface area (Å²) in [6.45, 7) is 1.54. The van der Waals surface area contributed by atoms with Gasteiger partial charge >= 0.3 is 0 Å². The zero-order valence-electron chi connectivity index (χ0n) is 16.6. The molecule has 1 saturated heterocycles. The lowest BCUT2D eigenvalue weighted by Gasteiger charge is -2.36. The van der Waals surface area contributed by atoms with E-state index in [1.54, 1.807) is 6.07 Å². The van der Waals surface area contributed by atoms with Gasteiger partial charge < -0.3 is 10.1 Å². The molecule has 0 bridgehead atoms. The molecule has 154 valence electrons. The normalized spacial score (nSPS) is 18.7. The number of rotatable bonds is 4. The van der Waals surface area contributed by atoms with Gasteiger partial charge in [0.25, 0.3) is 0 Å². The predicted octanol–water partition coefficient (Wildman–Crippen LogP) is 3.09. The monoisotopic (exact) mass is 414 g/mol. The van der Waals surface area contributed by atoms with Crippen molar-refractivity contribution in [1.29, 1.82) is 0 Å². The average Bonchev–Trinajstić information content (AvgIpc) is 2.73. The Morgan fingerprint density at radius 2 is 1.83 bits per heavy atom. The summed E-state index contributed by atoms with van der Waals surface area (Å²) < 4.78 is 31.3. The fourth-order valence-corrected chi connectivity index (χ4v) is 5.33. The number of aryl methyl sites for hydroxylation is 1. The second kappa shape index (κ2) is 7.80. The van der Waals surface area contributed by atoms with Gasteiger partial charge in [-0.25, -0.2) is 8.42 Å². The van der Waals surface area contributed by atoms with Gasteiger partial charge in [0.15, 0.2) is 0 Å². The minimum atomic E-state index is -3.36. The van der Waals surface area contributed by atoms with Gasteiger partial charge in [-0.2, -0.15) is 0 Å². The zero-order valence-corrected chi connectivity index (χ0v) is 17.4. The van der Waals surface area contributed by atoms with Crippen molar-refractivity contribution < 1.29 is 17.9 Å². The van der Waals surface area contributed by atoms with E-state index < -0.39 is 15.4 Å². The number of anilines is 2. The first-order valence-corrected chi connectivity index (χ1v) is 11.8. The van der Waals surface area contributed by atoms with Gasteiger partial charge in [-0.1, -0.05) is 36.4 Å². The average molecular weight is 415 g/mol. The molecule has 0 atom stereocenters. The Balaban J connectivity index is 1.66. The van der Waals surface area contributed by atoms with E-state index in [1.165, 1.54) is 10.6 Å². The Hall–Kier alpha value is -2.38. The number of carbonyl (C=O) groups excluding carboxylic acids is 1. The fraction of sp³-hybridized carbons (Fsp3) is 0.409. The number of hydrogen-bond acceptors (Lipinski definition) is 4. The number of nitrogens with one attached hydrogen (secondary N) is 1. The van der Waals surface area contributed by atoms with Crippen LogP contribution in [0.15, 0.2) is 48.5 Å². The predicted molar refractivity (Wildman–Crippen MR) is 114 cm³/mol. The SMILES string of the molecule is CS(=O)(=O)N1CCCc2ccc(NC(=O)C3(c4ccccc4)CCOCC3)cc21. The molecular formula is C22H26N2O4S. The van der Waals surface area contributed by atoms with Crippen molar-refractivity contribution in [3.05, 3.63) is 59.7 Å². The van der Waals surface area contributed by atoms with E-state index in [0.717, 1.165) is 24.0 Å². The lowest BCUT2D eigenvalue weighted by Crippen LogP contribution is -2.44. The molecule has 1 amide bonds. The van der Waals surface area contributed by atoms with Crippen LogP contribution in [0, 0.1) is 0 Å². The van der Waals surface area contributed by atoms with E-state index in [4.69, 9.17) is 4.74 Å². The van der Waals surface area contributed by atoms with Crippen LogP contribution in [0.5, 0.6) is 0 Å². The smallest absolute Gasteiger partial charge is 0.235 e. The van der Waals surface area contributed by atoms with Gasteiger partial charge in [-0.05, 0) is 48.9 Å². The Labute approximate surface area is 171 Å². The summed E-state index contributed by atoms with van der Waals surface area (Å²) in [5.41, 5.74) is 2.61. The third-order valence-electron chi connectivity index (χ3n) is 5.93. The van der Waals surface area contributed by atoms with Crippen LogP contribution in [-0.4, -0.2) is 40.3 Å². The van der Waals surface area contributed by atoms with Crippen molar-refractivity contribution in [2.24, 2.45) is 0 Å². The van der Waals surface area contributed by atoms with Gasteiger partial charge in [0.1, 0.15) is 0 Å². The van der Waals surface area contributed by atoms with Crippen LogP contribution in [-0.2, 0) is 31.4 Å². The summed E-state index contributed by atoms with van der Waals surface area (Å²) >= 11 is 0. The fourth-order valence-electron chi connectivity index (χ4n) is 4.34. The topological polar surface area (TPSA) is 75.7 Å². The maximum atomic E-state index is 13.4. The van der Waals surface area contributed by atoms with E-state index >= 15 is 0 Å². The molecule has 0 unspecified atom stereocenters. The lowest BCUT2D eigenvalue weighted by atomic mass is 9.73. The van der Waals surface area contributed by atoms with E-state index in [0.29, 0.717) is 44.0 Å². The number of hydrogen-bond donors (Lipinski definition) is 1. The number of benzene rings is 2. The van der Waals surface area contributed by atoms with Crippen LogP contribution in [0.2, 0.25) is 0 Å². The number of amides is 1. The van der Waals surface area contributed by atoms with Gasteiger partial charge in [0.2, 0.25) is 15.9 Å². The number of nitrogens with zero attached hydrogens (tertiary/aromatic N) is 1. The molecule has 1 N–H and O–H groups in total. The van der Waals surface area contributed by atoms with Gasteiger partial charge in [-0.3, -0.25) is 9.10 Å². The van der Waals surface area contributed by atoms with Crippen LogP contribution in [0.4, 0.5) is 11.4 Å². The number of fused-ring (bicyclic) bond motifs is 1. The van der Waals surface area contributed by atoms with E-state index in [-0.39, 0.29) is 5.91 Å². The van der Waals surface area contributed by atoms with Crippen molar-refractivity contribution >= 4 is 27.3 Å². The number of sulfonamides is 1. The molecule has 0 radical (unpaired) electrons. The Kier molecular flexibility index (Phi) is 5.36. The molecule has 6 nitrogen and oxygen atoms in total.